The number of hydrogen-bond acceptors (Lipinski definition) is 5. The number of amides is 1. The van der Waals surface area contributed by atoms with Crippen molar-refractivity contribution in [3.8, 4) is 17.2 Å². The van der Waals surface area contributed by atoms with E-state index < -0.39 is 0 Å². The Kier molecular flexibility index (Phi) is 3.86. The van der Waals surface area contributed by atoms with Crippen LogP contribution >= 0.6 is 0 Å². The maximum Gasteiger partial charge on any atom is 0.225 e. The zero-order chi connectivity index (χ0) is 15.4. The van der Waals surface area contributed by atoms with Crippen molar-refractivity contribution in [2.45, 2.75) is 13.3 Å². The van der Waals surface area contributed by atoms with Gasteiger partial charge in [0.1, 0.15) is 5.82 Å². The van der Waals surface area contributed by atoms with Crippen molar-refractivity contribution >= 4 is 11.7 Å². The van der Waals surface area contributed by atoms with E-state index in [1.807, 2.05) is 24.4 Å². The van der Waals surface area contributed by atoms with Crippen LogP contribution in [0.25, 0.3) is 17.2 Å². The number of pyridine rings is 1. The van der Waals surface area contributed by atoms with Crippen LogP contribution in [0.4, 0.5) is 5.82 Å². The van der Waals surface area contributed by atoms with Gasteiger partial charge in [0, 0.05) is 36.8 Å². The Hall–Kier alpha value is -3.09. The van der Waals surface area contributed by atoms with Crippen LogP contribution < -0.4 is 5.32 Å². The molecule has 0 fully saturated rings. The highest BCUT2D eigenvalue weighted by atomic mass is 16.1. The zero-order valence-electron chi connectivity index (χ0n) is 12.0. The summed E-state index contributed by atoms with van der Waals surface area (Å²) in [6, 6.07) is 7.19. The third-order valence-corrected chi connectivity index (χ3v) is 2.99. The SMILES string of the molecule is CCC(=O)Nc1ccnc(-c2ccc(-n3cccn3)nc2)n1. The Morgan fingerprint density at radius 1 is 1.23 bits per heavy atom. The summed E-state index contributed by atoms with van der Waals surface area (Å²) in [6.07, 6.45) is 7.20. The highest BCUT2D eigenvalue weighted by Gasteiger charge is 2.06. The van der Waals surface area contributed by atoms with Gasteiger partial charge >= 0.3 is 0 Å². The minimum atomic E-state index is -0.0863. The first-order valence-electron chi connectivity index (χ1n) is 6.85. The molecule has 7 heteroatoms. The average molecular weight is 294 g/mol. The van der Waals surface area contributed by atoms with Gasteiger partial charge in [-0.3, -0.25) is 4.79 Å². The fourth-order valence-corrected chi connectivity index (χ4v) is 1.86. The van der Waals surface area contributed by atoms with E-state index in [1.165, 1.54) is 0 Å². The molecule has 7 nitrogen and oxygen atoms in total. The molecule has 1 amide bonds. The molecule has 1 N–H and O–H groups in total. The number of hydrogen-bond donors (Lipinski definition) is 1. The maximum absolute atomic E-state index is 11.4. The molecule has 0 spiro atoms. The van der Waals surface area contributed by atoms with Crippen molar-refractivity contribution in [2.75, 3.05) is 5.32 Å². The summed E-state index contributed by atoms with van der Waals surface area (Å²) >= 11 is 0. The van der Waals surface area contributed by atoms with Gasteiger partial charge in [-0.05, 0) is 24.3 Å². The monoisotopic (exact) mass is 294 g/mol. The fourth-order valence-electron chi connectivity index (χ4n) is 1.86. The smallest absolute Gasteiger partial charge is 0.225 e. The van der Waals surface area contributed by atoms with E-state index in [0.717, 1.165) is 5.56 Å². The van der Waals surface area contributed by atoms with E-state index >= 15 is 0 Å². The molecule has 0 aliphatic heterocycles. The normalized spacial score (nSPS) is 10.4. The maximum atomic E-state index is 11.4. The molecule has 0 aliphatic carbocycles. The van der Waals surface area contributed by atoms with Crippen molar-refractivity contribution < 1.29 is 4.79 Å². The topological polar surface area (TPSA) is 85.6 Å². The lowest BCUT2D eigenvalue weighted by molar-refractivity contribution is -0.115. The Bertz CT molecular complexity index is 767. The van der Waals surface area contributed by atoms with Crippen molar-refractivity contribution in [1.29, 1.82) is 0 Å². The number of carbonyl (C=O) groups excluding carboxylic acids is 1. The van der Waals surface area contributed by atoms with Crippen LogP contribution in [0.3, 0.4) is 0 Å². The van der Waals surface area contributed by atoms with Crippen LogP contribution in [-0.4, -0.2) is 30.6 Å². The summed E-state index contributed by atoms with van der Waals surface area (Å²) in [5.41, 5.74) is 0.767. The molecule has 0 aliphatic rings. The first-order chi connectivity index (χ1) is 10.8. The number of nitrogens with one attached hydrogen (secondary N) is 1. The molecule has 0 radical (unpaired) electrons. The zero-order valence-corrected chi connectivity index (χ0v) is 12.0. The van der Waals surface area contributed by atoms with Crippen LogP contribution in [0.15, 0.2) is 49.1 Å². The number of nitrogens with zero attached hydrogens (tertiary/aromatic N) is 5. The molecular weight excluding hydrogens is 280 g/mol. The van der Waals surface area contributed by atoms with E-state index in [2.05, 4.69) is 25.4 Å². The fraction of sp³-hybridized carbons (Fsp3) is 0.133. The lowest BCUT2D eigenvalue weighted by Crippen LogP contribution is -2.11. The predicted molar refractivity (Wildman–Crippen MR) is 81.3 cm³/mol. The van der Waals surface area contributed by atoms with Crippen molar-refractivity contribution in [3.05, 3.63) is 49.1 Å². The number of carbonyl (C=O) groups is 1. The number of anilines is 1. The van der Waals surface area contributed by atoms with Gasteiger partial charge in [0.05, 0.1) is 0 Å². The molecule has 110 valence electrons. The minimum absolute atomic E-state index is 0.0863. The second-order valence-electron chi connectivity index (χ2n) is 4.52. The second-order valence-corrected chi connectivity index (χ2v) is 4.52. The van der Waals surface area contributed by atoms with E-state index in [4.69, 9.17) is 0 Å². The van der Waals surface area contributed by atoms with Gasteiger partial charge in [0.15, 0.2) is 11.6 Å². The Balaban J connectivity index is 1.85. The van der Waals surface area contributed by atoms with Gasteiger partial charge in [0.25, 0.3) is 0 Å². The minimum Gasteiger partial charge on any atom is -0.311 e. The molecule has 3 rings (SSSR count). The number of aromatic nitrogens is 5. The molecule has 0 bridgehead atoms. The predicted octanol–water partition coefficient (Wildman–Crippen LogP) is 2.07. The first-order valence-corrected chi connectivity index (χ1v) is 6.85. The van der Waals surface area contributed by atoms with Gasteiger partial charge in [-0.1, -0.05) is 6.92 Å². The number of rotatable bonds is 4. The molecular formula is C15H14N6O. The van der Waals surface area contributed by atoms with Gasteiger partial charge < -0.3 is 5.32 Å². The van der Waals surface area contributed by atoms with Crippen molar-refractivity contribution in [1.82, 2.24) is 24.7 Å². The molecule has 0 aromatic carbocycles. The quantitative estimate of drug-likeness (QED) is 0.796. The molecule has 3 heterocycles. The van der Waals surface area contributed by atoms with E-state index in [-0.39, 0.29) is 5.91 Å². The van der Waals surface area contributed by atoms with Gasteiger partial charge in [0.2, 0.25) is 5.91 Å². The lowest BCUT2D eigenvalue weighted by Gasteiger charge is -2.05. The van der Waals surface area contributed by atoms with Crippen LogP contribution in [0.5, 0.6) is 0 Å². The first kappa shape index (κ1) is 13.9. The molecule has 3 aromatic heterocycles. The van der Waals surface area contributed by atoms with Crippen LogP contribution in [0.2, 0.25) is 0 Å². The average Bonchev–Trinajstić information content (AvgIpc) is 3.09. The van der Waals surface area contributed by atoms with E-state index in [0.29, 0.717) is 23.9 Å². The standard InChI is InChI=1S/C15H14N6O/c1-2-14(22)19-12-6-8-16-15(20-12)11-4-5-13(17-10-11)21-9-3-7-18-21/h3-10H,2H2,1H3,(H,16,19,20,22). The molecule has 3 aromatic rings. The molecule has 0 saturated heterocycles. The van der Waals surface area contributed by atoms with Gasteiger partial charge in [-0.25, -0.2) is 19.6 Å². The highest BCUT2D eigenvalue weighted by Crippen LogP contribution is 2.16. The molecule has 0 unspecified atom stereocenters. The summed E-state index contributed by atoms with van der Waals surface area (Å²) < 4.78 is 1.67. The van der Waals surface area contributed by atoms with Crippen LogP contribution in [0.1, 0.15) is 13.3 Å². The van der Waals surface area contributed by atoms with E-state index in [1.54, 1.807) is 36.3 Å². The van der Waals surface area contributed by atoms with Crippen LogP contribution in [0, 0.1) is 0 Å². The van der Waals surface area contributed by atoms with Gasteiger partial charge in [-0.2, -0.15) is 5.10 Å². The lowest BCUT2D eigenvalue weighted by atomic mass is 10.2. The van der Waals surface area contributed by atoms with Crippen LogP contribution in [-0.2, 0) is 4.79 Å². The third-order valence-electron chi connectivity index (χ3n) is 2.99. The van der Waals surface area contributed by atoms with E-state index in [9.17, 15) is 4.79 Å². The third kappa shape index (κ3) is 2.98. The summed E-state index contributed by atoms with van der Waals surface area (Å²) in [5, 5.41) is 6.83. The summed E-state index contributed by atoms with van der Waals surface area (Å²) in [7, 11) is 0. The molecule has 0 atom stereocenters. The highest BCUT2D eigenvalue weighted by molar-refractivity contribution is 5.89. The Labute approximate surface area is 127 Å². The van der Waals surface area contributed by atoms with Crippen molar-refractivity contribution in [3.63, 3.8) is 0 Å². The Morgan fingerprint density at radius 2 is 2.14 bits per heavy atom. The molecule has 22 heavy (non-hydrogen) atoms. The Morgan fingerprint density at radius 3 is 2.82 bits per heavy atom. The summed E-state index contributed by atoms with van der Waals surface area (Å²) in [5.74, 6) is 1.61. The van der Waals surface area contributed by atoms with Crippen molar-refractivity contribution in [2.24, 2.45) is 0 Å². The summed E-state index contributed by atoms with van der Waals surface area (Å²) in [6.45, 7) is 1.79. The summed E-state index contributed by atoms with van der Waals surface area (Å²) in [4.78, 5) is 24.3. The molecule has 0 saturated carbocycles. The second kappa shape index (κ2) is 6.13. The largest absolute Gasteiger partial charge is 0.311 e. The van der Waals surface area contributed by atoms with Gasteiger partial charge in [-0.15, -0.1) is 0 Å².